The lowest BCUT2D eigenvalue weighted by atomic mass is 10.1. The number of benzene rings is 1. The largest absolute Gasteiger partial charge is 0.329 e. The van der Waals surface area contributed by atoms with E-state index >= 15 is 0 Å². The van der Waals surface area contributed by atoms with E-state index < -0.39 is 0 Å². The van der Waals surface area contributed by atoms with E-state index in [2.05, 4.69) is 12.2 Å². The Morgan fingerprint density at radius 1 is 1.50 bits per heavy atom. The third-order valence-corrected chi connectivity index (χ3v) is 2.36. The summed E-state index contributed by atoms with van der Waals surface area (Å²) < 4.78 is 0. The predicted octanol–water partition coefficient (Wildman–Crippen LogP) is 2.34. The maximum absolute atomic E-state index is 5.91. The molecular weight excluding hydrogens is 196 g/mol. The van der Waals surface area contributed by atoms with Crippen LogP contribution in [0, 0.1) is 0 Å². The molecule has 0 fully saturated rings. The zero-order valence-electron chi connectivity index (χ0n) is 8.46. The Morgan fingerprint density at radius 2 is 2.29 bits per heavy atom. The van der Waals surface area contributed by atoms with Gasteiger partial charge in [0, 0.05) is 17.6 Å². The molecule has 0 bridgehead atoms. The summed E-state index contributed by atoms with van der Waals surface area (Å²) in [5.74, 6) is 0. The van der Waals surface area contributed by atoms with Crippen molar-refractivity contribution in [3.63, 3.8) is 0 Å². The van der Waals surface area contributed by atoms with Gasteiger partial charge >= 0.3 is 0 Å². The van der Waals surface area contributed by atoms with Crippen LogP contribution in [0.25, 0.3) is 0 Å². The predicted molar refractivity (Wildman–Crippen MR) is 61.5 cm³/mol. The van der Waals surface area contributed by atoms with Gasteiger partial charge in [0.2, 0.25) is 0 Å². The SMILES string of the molecule is CCCNC(CN)c1cccc(Cl)c1. The van der Waals surface area contributed by atoms with Crippen molar-refractivity contribution < 1.29 is 0 Å². The molecule has 78 valence electrons. The molecule has 2 nitrogen and oxygen atoms in total. The smallest absolute Gasteiger partial charge is 0.0445 e. The minimum atomic E-state index is 0.216. The van der Waals surface area contributed by atoms with Crippen LogP contribution in [0.4, 0.5) is 0 Å². The van der Waals surface area contributed by atoms with Crippen LogP contribution in [0.1, 0.15) is 24.9 Å². The van der Waals surface area contributed by atoms with Crippen molar-refractivity contribution in [3.05, 3.63) is 34.9 Å². The van der Waals surface area contributed by atoms with Crippen molar-refractivity contribution in [2.75, 3.05) is 13.1 Å². The van der Waals surface area contributed by atoms with Gasteiger partial charge in [0.05, 0.1) is 0 Å². The summed E-state index contributed by atoms with van der Waals surface area (Å²) in [6.45, 7) is 3.72. The summed E-state index contributed by atoms with van der Waals surface area (Å²) >= 11 is 5.91. The average Bonchev–Trinajstić information content (AvgIpc) is 2.19. The lowest BCUT2D eigenvalue weighted by Crippen LogP contribution is -2.28. The molecule has 1 atom stereocenters. The first kappa shape index (κ1) is 11.5. The number of hydrogen-bond donors (Lipinski definition) is 2. The summed E-state index contributed by atoms with van der Waals surface area (Å²) in [6.07, 6.45) is 1.11. The molecule has 3 heteroatoms. The van der Waals surface area contributed by atoms with Gasteiger partial charge in [0.15, 0.2) is 0 Å². The Balaban J connectivity index is 2.68. The van der Waals surface area contributed by atoms with Crippen molar-refractivity contribution in [1.29, 1.82) is 0 Å². The molecule has 14 heavy (non-hydrogen) atoms. The molecule has 0 aliphatic rings. The number of nitrogens with one attached hydrogen (secondary N) is 1. The van der Waals surface area contributed by atoms with E-state index in [-0.39, 0.29) is 6.04 Å². The van der Waals surface area contributed by atoms with Gasteiger partial charge < -0.3 is 11.1 Å². The summed E-state index contributed by atoms with van der Waals surface area (Å²) in [5, 5.41) is 4.14. The fourth-order valence-electron chi connectivity index (χ4n) is 1.38. The van der Waals surface area contributed by atoms with Crippen LogP contribution < -0.4 is 11.1 Å². The number of nitrogens with two attached hydrogens (primary N) is 1. The van der Waals surface area contributed by atoms with Gasteiger partial charge in [-0.2, -0.15) is 0 Å². The molecule has 1 aromatic carbocycles. The zero-order valence-corrected chi connectivity index (χ0v) is 9.22. The molecule has 0 aromatic heterocycles. The normalized spacial score (nSPS) is 12.8. The van der Waals surface area contributed by atoms with E-state index in [9.17, 15) is 0 Å². The van der Waals surface area contributed by atoms with Crippen LogP contribution >= 0.6 is 11.6 Å². The highest BCUT2D eigenvalue weighted by atomic mass is 35.5. The highest BCUT2D eigenvalue weighted by Crippen LogP contribution is 2.16. The van der Waals surface area contributed by atoms with Gasteiger partial charge in [0.25, 0.3) is 0 Å². The fraction of sp³-hybridized carbons (Fsp3) is 0.455. The Kier molecular flexibility index (Phi) is 4.94. The fourth-order valence-corrected chi connectivity index (χ4v) is 1.58. The van der Waals surface area contributed by atoms with E-state index in [4.69, 9.17) is 17.3 Å². The summed E-state index contributed by atoms with van der Waals surface area (Å²) in [6, 6.07) is 8.05. The molecule has 0 radical (unpaired) electrons. The number of halogens is 1. The van der Waals surface area contributed by atoms with Crippen LogP contribution in [0.15, 0.2) is 24.3 Å². The van der Waals surface area contributed by atoms with Gasteiger partial charge in [0.1, 0.15) is 0 Å². The second-order valence-corrected chi connectivity index (χ2v) is 3.73. The molecule has 0 aliphatic carbocycles. The zero-order chi connectivity index (χ0) is 10.4. The quantitative estimate of drug-likeness (QED) is 0.787. The second-order valence-electron chi connectivity index (χ2n) is 3.30. The molecule has 0 amide bonds. The topological polar surface area (TPSA) is 38.0 Å². The first-order valence-electron chi connectivity index (χ1n) is 4.96. The van der Waals surface area contributed by atoms with Crippen molar-refractivity contribution in [1.82, 2.24) is 5.32 Å². The third kappa shape index (κ3) is 3.29. The van der Waals surface area contributed by atoms with Gasteiger partial charge in [-0.15, -0.1) is 0 Å². The molecule has 1 rings (SSSR count). The summed E-state index contributed by atoms with van der Waals surface area (Å²) in [7, 11) is 0. The Hall–Kier alpha value is -0.570. The molecule has 0 aliphatic heterocycles. The van der Waals surface area contributed by atoms with E-state index in [0.29, 0.717) is 6.54 Å². The van der Waals surface area contributed by atoms with Crippen molar-refractivity contribution in [2.24, 2.45) is 5.73 Å². The molecule has 1 aromatic rings. The molecule has 0 spiro atoms. The maximum atomic E-state index is 5.91. The van der Waals surface area contributed by atoms with Crippen LogP contribution in [-0.2, 0) is 0 Å². The minimum absolute atomic E-state index is 0.216. The molecule has 0 saturated heterocycles. The number of hydrogen-bond acceptors (Lipinski definition) is 2. The lowest BCUT2D eigenvalue weighted by Gasteiger charge is -2.16. The van der Waals surface area contributed by atoms with E-state index in [1.54, 1.807) is 0 Å². The Labute approximate surface area is 90.4 Å². The van der Waals surface area contributed by atoms with E-state index in [1.165, 1.54) is 0 Å². The van der Waals surface area contributed by atoms with Crippen molar-refractivity contribution in [3.8, 4) is 0 Å². The third-order valence-electron chi connectivity index (χ3n) is 2.13. The first-order chi connectivity index (χ1) is 6.77. The van der Waals surface area contributed by atoms with Crippen molar-refractivity contribution in [2.45, 2.75) is 19.4 Å². The van der Waals surface area contributed by atoms with Gasteiger partial charge in [-0.3, -0.25) is 0 Å². The summed E-state index contributed by atoms with van der Waals surface area (Å²) in [4.78, 5) is 0. The minimum Gasteiger partial charge on any atom is -0.329 e. The van der Waals surface area contributed by atoms with Crippen molar-refractivity contribution >= 4 is 11.6 Å². The monoisotopic (exact) mass is 212 g/mol. The first-order valence-corrected chi connectivity index (χ1v) is 5.34. The van der Waals surface area contributed by atoms with Gasteiger partial charge in [-0.05, 0) is 30.7 Å². The standard InChI is InChI=1S/C11H17ClN2/c1-2-6-14-11(8-13)9-4-3-5-10(12)7-9/h3-5,7,11,14H,2,6,8,13H2,1H3. The highest BCUT2D eigenvalue weighted by Gasteiger charge is 2.07. The lowest BCUT2D eigenvalue weighted by molar-refractivity contribution is 0.540. The summed E-state index contributed by atoms with van der Waals surface area (Å²) in [5.41, 5.74) is 6.85. The highest BCUT2D eigenvalue weighted by molar-refractivity contribution is 6.30. The Bertz CT molecular complexity index is 276. The van der Waals surface area contributed by atoms with E-state index in [0.717, 1.165) is 23.6 Å². The maximum Gasteiger partial charge on any atom is 0.0445 e. The second kappa shape index (κ2) is 6.02. The van der Waals surface area contributed by atoms with Crippen LogP contribution in [-0.4, -0.2) is 13.1 Å². The van der Waals surface area contributed by atoms with Gasteiger partial charge in [-0.1, -0.05) is 30.7 Å². The van der Waals surface area contributed by atoms with Crippen LogP contribution in [0.3, 0.4) is 0 Å². The Morgan fingerprint density at radius 3 is 2.86 bits per heavy atom. The van der Waals surface area contributed by atoms with Crippen LogP contribution in [0.5, 0.6) is 0 Å². The molecule has 1 unspecified atom stereocenters. The van der Waals surface area contributed by atoms with Gasteiger partial charge in [-0.25, -0.2) is 0 Å². The molecule has 0 saturated carbocycles. The molecular formula is C11H17ClN2. The molecule has 3 N–H and O–H groups in total. The molecule has 0 heterocycles. The average molecular weight is 213 g/mol. The van der Waals surface area contributed by atoms with E-state index in [1.807, 2.05) is 24.3 Å². The number of rotatable bonds is 5. The van der Waals surface area contributed by atoms with Crippen LogP contribution in [0.2, 0.25) is 5.02 Å².